The summed E-state index contributed by atoms with van der Waals surface area (Å²) in [4.78, 5) is 24.3. The molecule has 3 rings (SSSR count). The van der Waals surface area contributed by atoms with E-state index in [0.29, 0.717) is 5.76 Å². The standard InChI is InChI=1S/C18H15BrN2O3/c19-14-8-9-17(23)21(11-14)12-16(22)20-18(15-7-4-10-24-15)13-5-2-1-3-6-13/h1-11,18H,12H2,(H,20,22). The zero-order valence-corrected chi connectivity index (χ0v) is 14.3. The van der Waals surface area contributed by atoms with Crippen LogP contribution in [-0.2, 0) is 11.3 Å². The van der Waals surface area contributed by atoms with Crippen molar-refractivity contribution < 1.29 is 9.21 Å². The molecule has 0 radical (unpaired) electrons. The maximum absolute atomic E-state index is 12.4. The van der Waals surface area contributed by atoms with Crippen LogP contribution in [0.3, 0.4) is 0 Å². The summed E-state index contributed by atoms with van der Waals surface area (Å²) in [5.41, 5.74) is 0.671. The summed E-state index contributed by atoms with van der Waals surface area (Å²) in [5.74, 6) is 0.358. The molecule has 122 valence electrons. The molecule has 0 bridgehead atoms. The molecule has 0 saturated carbocycles. The Labute approximate surface area is 147 Å². The first-order chi connectivity index (χ1) is 11.6. The molecule has 2 aromatic heterocycles. The zero-order chi connectivity index (χ0) is 16.9. The van der Waals surface area contributed by atoms with Gasteiger partial charge in [0.15, 0.2) is 0 Å². The number of halogens is 1. The number of furan rings is 1. The van der Waals surface area contributed by atoms with Crippen molar-refractivity contribution >= 4 is 21.8 Å². The highest BCUT2D eigenvalue weighted by molar-refractivity contribution is 9.10. The maximum atomic E-state index is 12.4. The van der Waals surface area contributed by atoms with E-state index in [4.69, 9.17) is 4.42 Å². The van der Waals surface area contributed by atoms with Crippen LogP contribution in [0.15, 0.2) is 80.7 Å². The lowest BCUT2D eigenvalue weighted by Crippen LogP contribution is -2.34. The van der Waals surface area contributed by atoms with Crippen molar-refractivity contribution in [2.75, 3.05) is 0 Å². The number of benzene rings is 1. The molecule has 1 atom stereocenters. The third-order valence-corrected chi connectivity index (χ3v) is 4.00. The Balaban J connectivity index is 1.81. The molecular formula is C18H15BrN2O3. The molecule has 5 nitrogen and oxygen atoms in total. The largest absolute Gasteiger partial charge is 0.467 e. The van der Waals surface area contributed by atoms with E-state index in [0.717, 1.165) is 10.0 Å². The normalized spacial score (nSPS) is 11.9. The maximum Gasteiger partial charge on any atom is 0.251 e. The molecule has 1 amide bonds. The molecule has 0 aliphatic rings. The predicted octanol–water partition coefficient (Wildman–Crippen LogP) is 3.11. The number of carbonyl (C=O) groups excluding carboxylic acids is 1. The fourth-order valence-corrected chi connectivity index (χ4v) is 2.79. The number of amides is 1. The summed E-state index contributed by atoms with van der Waals surface area (Å²) in [5, 5.41) is 2.92. The number of pyridine rings is 1. The van der Waals surface area contributed by atoms with Crippen LogP contribution in [0.2, 0.25) is 0 Å². The summed E-state index contributed by atoms with van der Waals surface area (Å²) in [7, 11) is 0. The first kappa shape index (κ1) is 16.3. The number of hydrogen-bond donors (Lipinski definition) is 1. The second kappa shape index (κ2) is 7.31. The van der Waals surface area contributed by atoms with Gasteiger partial charge >= 0.3 is 0 Å². The van der Waals surface area contributed by atoms with E-state index in [1.165, 1.54) is 10.6 Å². The second-order valence-electron chi connectivity index (χ2n) is 5.24. The van der Waals surface area contributed by atoms with Gasteiger partial charge in [0.2, 0.25) is 5.91 Å². The number of nitrogens with one attached hydrogen (secondary N) is 1. The molecule has 0 aliphatic carbocycles. The topological polar surface area (TPSA) is 64.2 Å². The van der Waals surface area contributed by atoms with Gasteiger partial charge in [-0.05, 0) is 39.7 Å². The Hall–Kier alpha value is -2.60. The molecule has 0 saturated heterocycles. The zero-order valence-electron chi connectivity index (χ0n) is 12.7. The smallest absolute Gasteiger partial charge is 0.251 e. The fourth-order valence-electron chi connectivity index (χ4n) is 2.41. The van der Waals surface area contributed by atoms with Crippen LogP contribution < -0.4 is 10.9 Å². The van der Waals surface area contributed by atoms with Gasteiger partial charge in [-0.3, -0.25) is 9.59 Å². The number of rotatable bonds is 5. The Bertz CT molecular complexity index is 873. The van der Waals surface area contributed by atoms with E-state index in [9.17, 15) is 9.59 Å². The Morgan fingerprint density at radius 1 is 1.12 bits per heavy atom. The SMILES string of the molecule is O=C(Cn1cc(Br)ccc1=O)NC(c1ccccc1)c1ccco1. The Kier molecular flexibility index (Phi) is 4.96. The molecule has 6 heteroatoms. The van der Waals surface area contributed by atoms with Crippen molar-refractivity contribution in [3.63, 3.8) is 0 Å². The molecule has 1 unspecified atom stereocenters. The summed E-state index contributed by atoms with van der Waals surface area (Å²) in [6.07, 6.45) is 3.16. The van der Waals surface area contributed by atoms with E-state index >= 15 is 0 Å². The van der Waals surface area contributed by atoms with Crippen molar-refractivity contribution in [3.05, 3.63) is 93.2 Å². The molecule has 0 aliphatic heterocycles. The van der Waals surface area contributed by atoms with Crippen LogP contribution in [-0.4, -0.2) is 10.5 Å². The molecule has 0 fully saturated rings. The van der Waals surface area contributed by atoms with Crippen LogP contribution in [0, 0.1) is 0 Å². The lowest BCUT2D eigenvalue weighted by atomic mass is 10.0. The van der Waals surface area contributed by atoms with Gasteiger partial charge in [0.25, 0.3) is 5.56 Å². The fraction of sp³-hybridized carbons (Fsp3) is 0.111. The number of hydrogen-bond acceptors (Lipinski definition) is 3. The number of nitrogens with zero attached hydrogens (tertiary/aromatic N) is 1. The minimum atomic E-state index is -0.406. The minimum absolute atomic E-state index is 0.0671. The van der Waals surface area contributed by atoms with Gasteiger partial charge in [-0.15, -0.1) is 0 Å². The van der Waals surface area contributed by atoms with E-state index in [1.807, 2.05) is 36.4 Å². The molecule has 0 spiro atoms. The monoisotopic (exact) mass is 386 g/mol. The van der Waals surface area contributed by atoms with Crippen molar-refractivity contribution in [1.82, 2.24) is 9.88 Å². The van der Waals surface area contributed by atoms with Crippen molar-refractivity contribution in [2.24, 2.45) is 0 Å². The van der Waals surface area contributed by atoms with Gasteiger partial charge in [0.1, 0.15) is 18.3 Å². The van der Waals surface area contributed by atoms with Gasteiger partial charge in [-0.1, -0.05) is 30.3 Å². The molecular weight excluding hydrogens is 372 g/mol. The second-order valence-corrected chi connectivity index (χ2v) is 6.16. The quantitative estimate of drug-likeness (QED) is 0.732. The lowest BCUT2D eigenvalue weighted by molar-refractivity contribution is -0.122. The van der Waals surface area contributed by atoms with Crippen molar-refractivity contribution in [1.29, 1.82) is 0 Å². The first-order valence-corrected chi connectivity index (χ1v) is 8.16. The molecule has 1 N–H and O–H groups in total. The van der Waals surface area contributed by atoms with E-state index in [1.54, 1.807) is 24.6 Å². The lowest BCUT2D eigenvalue weighted by Gasteiger charge is -2.17. The molecule has 1 aromatic carbocycles. The van der Waals surface area contributed by atoms with Gasteiger partial charge in [-0.2, -0.15) is 0 Å². The number of carbonyl (C=O) groups is 1. The van der Waals surface area contributed by atoms with Crippen LogP contribution in [0.25, 0.3) is 0 Å². The average molecular weight is 387 g/mol. The first-order valence-electron chi connectivity index (χ1n) is 7.37. The summed E-state index contributed by atoms with van der Waals surface area (Å²) < 4.78 is 7.54. The summed E-state index contributed by atoms with van der Waals surface area (Å²) in [6.45, 7) is -0.0671. The third-order valence-electron chi connectivity index (χ3n) is 3.53. The molecule has 3 aromatic rings. The summed E-state index contributed by atoms with van der Waals surface area (Å²) in [6, 6.07) is 15.8. The van der Waals surface area contributed by atoms with Crippen LogP contribution >= 0.6 is 15.9 Å². The van der Waals surface area contributed by atoms with Crippen molar-refractivity contribution in [2.45, 2.75) is 12.6 Å². The minimum Gasteiger partial charge on any atom is -0.467 e. The van der Waals surface area contributed by atoms with Gasteiger partial charge < -0.3 is 14.3 Å². The molecule has 24 heavy (non-hydrogen) atoms. The van der Waals surface area contributed by atoms with Gasteiger partial charge in [-0.25, -0.2) is 0 Å². The highest BCUT2D eigenvalue weighted by Gasteiger charge is 2.19. The Morgan fingerprint density at radius 2 is 1.92 bits per heavy atom. The summed E-state index contributed by atoms with van der Waals surface area (Å²) >= 11 is 3.30. The average Bonchev–Trinajstić information content (AvgIpc) is 3.11. The highest BCUT2D eigenvalue weighted by Crippen LogP contribution is 2.22. The van der Waals surface area contributed by atoms with Gasteiger partial charge in [0.05, 0.1) is 6.26 Å². The highest BCUT2D eigenvalue weighted by atomic mass is 79.9. The third kappa shape index (κ3) is 3.83. The van der Waals surface area contributed by atoms with E-state index in [2.05, 4.69) is 21.2 Å². The number of aromatic nitrogens is 1. The van der Waals surface area contributed by atoms with E-state index < -0.39 is 6.04 Å². The van der Waals surface area contributed by atoms with Crippen LogP contribution in [0.4, 0.5) is 0 Å². The van der Waals surface area contributed by atoms with Crippen LogP contribution in [0.1, 0.15) is 17.4 Å². The van der Waals surface area contributed by atoms with Gasteiger partial charge in [0, 0.05) is 16.7 Å². The predicted molar refractivity (Wildman–Crippen MR) is 93.5 cm³/mol. The molecule has 2 heterocycles. The van der Waals surface area contributed by atoms with E-state index in [-0.39, 0.29) is 18.0 Å². The Morgan fingerprint density at radius 3 is 2.62 bits per heavy atom. The van der Waals surface area contributed by atoms with Crippen molar-refractivity contribution in [3.8, 4) is 0 Å². The van der Waals surface area contributed by atoms with Crippen LogP contribution in [0.5, 0.6) is 0 Å².